The lowest BCUT2D eigenvalue weighted by Gasteiger charge is -2.12. The zero-order valence-electron chi connectivity index (χ0n) is 18.0. The maximum absolute atomic E-state index is 12.4. The summed E-state index contributed by atoms with van der Waals surface area (Å²) >= 11 is 0. The molecule has 174 valence electrons. The molecular formula is C24H20F2N4O4. The van der Waals surface area contributed by atoms with Crippen molar-refractivity contribution in [1.82, 2.24) is 14.9 Å². The summed E-state index contributed by atoms with van der Waals surface area (Å²) in [4.78, 5) is 29.0. The number of rotatable bonds is 8. The number of hydrogen-bond acceptors (Lipinski definition) is 5. The average molecular weight is 466 g/mol. The second kappa shape index (κ2) is 9.99. The van der Waals surface area contributed by atoms with Gasteiger partial charge in [0.1, 0.15) is 6.33 Å². The summed E-state index contributed by atoms with van der Waals surface area (Å²) in [5.74, 6) is -1.22. The number of methoxy groups -OCH3 is 1. The largest absolute Gasteiger partial charge is 0.493 e. The Bertz CT molecular complexity index is 1320. The zero-order valence-corrected chi connectivity index (χ0v) is 18.0. The predicted molar refractivity (Wildman–Crippen MR) is 122 cm³/mol. The molecule has 0 saturated heterocycles. The molecular weight excluding hydrogens is 446 g/mol. The second-order valence-electron chi connectivity index (χ2n) is 7.13. The Morgan fingerprint density at radius 2 is 1.79 bits per heavy atom. The minimum Gasteiger partial charge on any atom is -0.493 e. The number of ether oxygens (including phenoxy) is 2. The van der Waals surface area contributed by atoms with E-state index in [0.29, 0.717) is 5.69 Å². The Labute approximate surface area is 193 Å². The number of aromatic nitrogens is 2. The fourth-order valence-electron chi connectivity index (χ4n) is 3.34. The Balaban J connectivity index is 1.34. The lowest BCUT2D eigenvalue weighted by atomic mass is 10.2. The van der Waals surface area contributed by atoms with Crippen molar-refractivity contribution in [2.75, 3.05) is 19.0 Å². The number of amides is 2. The van der Waals surface area contributed by atoms with Crippen LogP contribution in [0.5, 0.6) is 11.5 Å². The van der Waals surface area contributed by atoms with Crippen LogP contribution in [-0.2, 0) is 4.79 Å². The lowest BCUT2D eigenvalue weighted by molar-refractivity contribution is -0.115. The molecule has 34 heavy (non-hydrogen) atoms. The fraction of sp³-hybridized carbons (Fsp3) is 0.125. The van der Waals surface area contributed by atoms with Crippen molar-refractivity contribution < 1.29 is 27.8 Å². The van der Waals surface area contributed by atoms with E-state index in [0.717, 1.165) is 16.7 Å². The summed E-state index contributed by atoms with van der Waals surface area (Å²) in [6.07, 6.45) is 1.73. The van der Waals surface area contributed by atoms with Gasteiger partial charge >= 0.3 is 6.61 Å². The quantitative estimate of drug-likeness (QED) is 0.409. The minimum absolute atomic E-state index is 0.0249. The van der Waals surface area contributed by atoms with Crippen LogP contribution in [0.2, 0.25) is 0 Å². The molecule has 0 atom stereocenters. The highest BCUT2D eigenvalue weighted by atomic mass is 19.3. The number of imidazole rings is 1. The van der Waals surface area contributed by atoms with E-state index in [2.05, 4.69) is 20.4 Å². The molecule has 0 aliphatic heterocycles. The number of nitrogens with one attached hydrogen (secondary N) is 2. The van der Waals surface area contributed by atoms with E-state index in [1.165, 1.54) is 25.3 Å². The van der Waals surface area contributed by atoms with Crippen molar-refractivity contribution >= 4 is 28.5 Å². The number of benzene rings is 3. The summed E-state index contributed by atoms with van der Waals surface area (Å²) in [6, 6.07) is 18.7. The van der Waals surface area contributed by atoms with Crippen molar-refractivity contribution in [1.29, 1.82) is 0 Å². The molecule has 2 N–H and O–H groups in total. The number of hydrogen-bond donors (Lipinski definition) is 2. The van der Waals surface area contributed by atoms with Gasteiger partial charge in [-0.15, -0.1) is 0 Å². The van der Waals surface area contributed by atoms with Crippen LogP contribution >= 0.6 is 0 Å². The fourth-order valence-corrected chi connectivity index (χ4v) is 3.34. The van der Waals surface area contributed by atoms with Gasteiger partial charge in [-0.2, -0.15) is 8.78 Å². The van der Waals surface area contributed by atoms with E-state index in [1.807, 2.05) is 41.0 Å². The average Bonchev–Trinajstić information content (AvgIpc) is 3.27. The van der Waals surface area contributed by atoms with Gasteiger partial charge in [-0.1, -0.05) is 12.1 Å². The number of halogens is 2. The maximum atomic E-state index is 12.4. The van der Waals surface area contributed by atoms with Crippen LogP contribution in [0.3, 0.4) is 0 Å². The summed E-state index contributed by atoms with van der Waals surface area (Å²) in [6.45, 7) is -3.31. The van der Waals surface area contributed by atoms with Gasteiger partial charge in [-0.25, -0.2) is 4.98 Å². The molecule has 4 aromatic rings. The normalized spacial score (nSPS) is 10.8. The topological polar surface area (TPSA) is 94.5 Å². The number of fused-ring (bicyclic) bond motifs is 1. The number of anilines is 1. The van der Waals surface area contributed by atoms with Crippen LogP contribution in [0.4, 0.5) is 14.5 Å². The predicted octanol–water partition coefficient (Wildman–Crippen LogP) is 4.00. The van der Waals surface area contributed by atoms with Crippen LogP contribution in [0.25, 0.3) is 16.7 Å². The van der Waals surface area contributed by atoms with Crippen molar-refractivity contribution in [3.8, 4) is 17.2 Å². The van der Waals surface area contributed by atoms with Gasteiger partial charge in [0.05, 0.1) is 24.7 Å². The molecule has 4 rings (SSSR count). The molecule has 0 radical (unpaired) electrons. The number of para-hydroxylation sites is 2. The monoisotopic (exact) mass is 466 g/mol. The molecule has 0 aliphatic rings. The second-order valence-corrected chi connectivity index (χ2v) is 7.13. The van der Waals surface area contributed by atoms with E-state index < -0.39 is 18.4 Å². The highest BCUT2D eigenvalue weighted by Gasteiger charge is 2.15. The molecule has 1 aromatic heterocycles. The molecule has 1 heterocycles. The number of carbonyl (C=O) groups excluding carboxylic acids is 2. The minimum atomic E-state index is -3.02. The van der Waals surface area contributed by atoms with Gasteiger partial charge in [-0.05, 0) is 54.6 Å². The first-order valence-corrected chi connectivity index (χ1v) is 10.2. The number of alkyl halides is 2. The molecule has 3 aromatic carbocycles. The molecule has 0 aliphatic carbocycles. The molecule has 0 saturated carbocycles. The summed E-state index contributed by atoms with van der Waals surface area (Å²) in [5.41, 5.74) is 3.41. The Morgan fingerprint density at radius 1 is 1.03 bits per heavy atom. The van der Waals surface area contributed by atoms with Crippen molar-refractivity contribution in [3.05, 3.63) is 78.6 Å². The van der Waals surface area contributed by atoms with E-state index >= 15 is 0 Å². The molecule has 0 bridgehead atoms. The van der Waals surface area contributed by atoms with E-state index in [9.17, 15) is 18.4 Å². The van der Waals surface area contributed by atoms with Gasteiger partial charge in [0, 0.05) is 16.9 Å². The number of carbonyl (C=O) groups is 2. The highest BCUT2D eigenvalue weighted by molar-refractivity contribution is 5.99. The number of nitrogens with zero attached hydrogens (tertiary/aromatic N) is 2. The van der Waals surface area contributed by atoms with Crippen LogP contribution in [0, 0.1) is 0 Å². The Morgan fingerprint density at radius 3 is 2.53 bits per heavy atom. The summed E-state index contributed by atoms with van der Waals surface area (Å²) < 4.78 is 36.1. The molecule has 2 amide bonds. The third kappa shape index (κ3) is 5.12. The van der Waals surface area contributed by atoms with Gasteiger partial charge in [0.15, 0.2) is 11.5 Å². The zero-order chi connectivity index (χ0) is 24.1. The highest BCUT2D eigenvalue weighted by Crippen LogP contribution is 2.29. The summed E-state index contributed by atoms with van der Waals surface area (Å²) in [5, 5.41) is 5.18. The van der Waals surface area contributed by atoms with Crippen LogP contribution in [0.15, 0.2) is 73.1 Å². The van der Waals surface area contributed by atoms with E-state index in [1.54, 1.807) is 18.5 Å². The molecule has 0 fully saturated rings. The molecule has 8 nitrogen and oxygen atoms in total. The van der Waals surface area contributed by atoms with Crippen molar-refractivity contribution in [2.45, 2.75) is 6.61 Å². The van der Waals surface area contributed by atoms with E-state index in [-0.39, 0.29) is 23.6 Å². The SMILES string of the molecule is COc1cc(C(=O)NCC(=O)Nc2ccc(-n3cnc4ccccc43)cc2)ccc1OC(F)F. The first-order chi connectivity index (χ1) is 16.4. The van der Waals surface area contributed by atoms with Crippen LogP contribution < -0.4 is 20.1 Å². The van der Waals surface area contributed by atoms with E-state index in [4.69, 9.17) is 4.74 Å². The van der Waals surface area contributed by atoms with Gasteiger partial charge in [0.2, 0.25) is 5.91 Å². The van der Waals surface area contributed by atoms with Crippen molar-refractivity contribution in [2.24, 2.45) is 0 Å². The van der Waals surface area contributed by atoms with Gasteiger partial charge in [-0.3, -0.25) is 14.2 Å². The van der Waals surface area contributed by atoms with Gasteiger partial charge < -0.3 is 20.1 Å². The third-order valence-corrected chi connectivity index (χ3v) is 4.93. The maximum Gasteiger partial charge on any atom is 0.387 e. The van der Waals surface area contributed by atoms with Crippen LogP contribution in [0.1, 0.15) is 10.4 Å². The molecule has 0 unspecified atom stereocenters. The first-order valence-electron chi connectivity index (χ1n) is 10.2. The smallest absolute Gasteiger partial charge is 0.387 e. The van der Waals surface area contributed by atoms with Crippen LogP contribution in [-0.4, -0.2) is 41.6 Å². The Kier molecular flexibility index (Phi) is 6.67. The lowest BCUT2D eigenvalue weighted by Crippen LogP contribution is -2.32. The van der Waals surface area contributed by atoms with Gasteiger partial charge in [0.25, 0.3) is 5.91 Å². The molecule has 10 heteroatoms. The third-order valence-electron chi connectivity index (χ3n) is 4.93. The first kappa shape index (κ1) is 22.7. The standard InChI is InChI=1S/C24H20F2N4O4/c1-33-21-12-15(6-11-20(21)34-24(25)26)23(32)27-13-22(31)29-16-7-9-17(10-8-16)30-14-28-18-4-2-3-5-19(18)30/h2-12,14,24H,13H2,1H3,(H,27,32)(H,29,31). The molecule has 0 spiro atoms. The Hall–Kier alpha value is -4.47. The van der Waals surface area contributed by atoms with Crippen molar-refractivity contribution in [3.63, 3.8) is 0 Å². The summed E-state index contributed by atoms with van der Waals surface area (Å²) in [7, 11) is 1.27.